The fraction of sp³-hybridized carbons (Fsp3) is 0.350. The molecule has 0 bridgehead atoms. The smallest absolute Gasteiger partial charge is 0.352 e. The Kier molecular flexibility index (Phi) is 7.62. The van der Waals surface area contributed by atoms with E-state index in [4.69, 9.17) is 5.53 Å². The lowest BCUT2D eigenvalue weighted by Gasteiger charge is -2.49. The minimum atomic E-state index is -1.51. The highest BCUT2D eigenvalue weighted by Gasteiger charge is 2.54. The number of rotatable bonds is 9. The van der Waals surface area contributed by atoms with Gasteiger partial charge in [0.25, 0.3) is 22.5 Å². The van der Waals surface area contributed by atoms with Gasteiger partial charge in [-0.15, -0.1) is 11.8 Å². The van der Waals surface area contributed by atoms with Gasteiger partial charge in [-0.2, -0.15) is 3.96 Å². The predicted molar refractivity (Wildman–Crippen MR) is 128 cm³/mol. The Morgan fingerprint density at radius 2 is 2.17 bits per heavy atom. The topological polar surface area (TPSA) is 172 Å². The first kappa shape index (κ1) is 25.0. The standard InChI is InChI=1S/C20H19N7O5S3/c1-26-9-22-20(35-26)34-8-12-7-33-18-13(17(30)27(18)14(12)19(31)32)24-16(29)15(28)11-4-2-10(3-5-11)6-23-25-21/h2-5,9,13,15,18,28H,6-8H2,1H3,(H-,24,29,31,32)/p+1. The second-order valence-corrected chi connectivity index (χ2v) is 11.1. The van der Waals surface area contributed by atoms with E-state index in [2.05, 4.69) is 20.3 Å². The Labute approximate surface area is 211 Å². The molecule has 0 radical (unpaired) electrons. The molecule has 2 aliphatic heterocycles. The van der Waals surface area contributed by atoms with Crippen LogP contribution in [-0.4, -0.2) is 60.8 Å². The van der Waals surface area contributed by atoms with Crippen LogP contribution < -0.4 is 9.27 Å². The van der Waals surface area contributed by atoms with Crippen LogP contribution in [0.3, 0.4) is 0 Å². The average Bonchev–Trinajstić information content (AvgIpc) is 3.28. The summed E-state index contributed by atoms with van der Waals surface area (Å²) < 4.78 is 2.62. The van der Waals surface area contributed by atoms with Crippen molar-refractivity contribution in [2.75, 3.05) is 11.5 Å². The SMILES string of the molecule is C[n+]1cnc(SCC2=C(C(=O)O)N3C(=O)C(NC(=O)C(O)c4ccc(CN=[N+]=[N-])cc4)C3SC2)s1. The lowest BCUT2D eigenvalue weighted by Crippen LogP contribution is -2.70. The van der Waals surface area contributed by atoms with E-state index in [9.17, 15) is 24.6 Å². The lowest BCUT2D eigenvalue weighted by atomic mass is 10.0. The van der Waals surface area contributed by atoms with E-state index in [1.54, 1.807) is 18.5 Å². The number of aryl methyl sites for hydroxylation is 1. The zero-order chi connectivity index (χ0) is 25.1. The van der Waals surface area contributed by atoms with Crippen molar-refractivity contribution in [2.45, 2.75) is 28.4 Å². The molecule has 0 aliphatic carbocycles. The molecule has 35 heavy (non-hydrogen) atoms. The number of aliphatic hydroxyl groups excluding tert-OH is 1. The largest absolute Gasteiger partial charge is 0.477 e. The number of aliphatic carboxylic acids is 1. The molecular weight excluding hydrogens is 514 g/mol. The van der Waals surface area contributed by atoms with Crippen LogP contribution in [-0.2, 0) is 28.0 Å². The highest BCUT2D eigenvalue weighted by Crippen LogP contribution is 2.41. The first-order valence-electron chi connectivity index (χ1n) is 10.2. The Balaban J connectivity index is 1.41. The maximum absolute atomic E-state index is 12.8. The van der Waals surface area contributed by atoms with Crippen LogP contribution in [0.5, 0.6) is 0 Å². The summed E-state index contributed by atoms with van der Waals surface area (Å²) in [6.07, 6.45) is 0.156. The van der Waals surface area contributed by atoms with Crippen LogP contribution in [0, 0.1) is 0 Å². The van der Waals surface area contributed by atoms with E-state index in [1.807, 2.05) is 11.0 Å². The van der Waals surface area contributed by atoms with Crippen LogP contribution in [0.4, 0.5) is 0 Å². The number of carboxylic acids is 1. The number of azide groups is 1. The molecule has 15 heteroatoms. The number of aromatic nitrogens is 2. The summed E-state index contributed by atoms with van der Waals surface area (Å²) in [5.41, 5.74) is 9.97. The number of carboxylic acid groups (broad SMARTS) is 1. The van der Waals surface area contributed by atoms with Crippen LogP contribution in [0.2, 0.25) is 0 Å². The molecule has 4 rings (SSSR count). The van der Waals surface area contributed by atoms with E-state index >= 15 is 0 Å². The molecular formula is C20H20N7O5S3+. The molecule has 0 spiro atoms. The normalized spacial score (nSPS) is 19.9. The van der Waals surface area contributed by atoms with Gasteiger partial charge in [0.2, 0.25) is 0 Å². The number of amides is 2. The third kappa shape index (κ3) is 5.28. The summed E-state index contributed by atoms with van der Waals surface area (Å²) in [5, 5.41) is 25.7. The maximum Gasteiger partial charge on any atom is 0.352 e. The number of benzene rings is 1. The third-order valence-corrected chi connectivity index (χ3v) is 8.73. The van der Waals surface area contributed by atoms with Gasteiger partial charge in [-0.3, -0.25) is 14.5 Å². The second kappa shape index (κ2) is 10.7. The molecule has 3 unspecified atom stereocenters. The van der Waals surface area contributed by atoms with Crippen molar-refractivity contribution in [2.24, 2.45) is 12.2 Å². The summed E-state index contributed by atoms with van der Waals surface area (Å²) in [4.78, 5) is 45.6. The molecule has 2 aromatic rings. The molecule has 182 valence electrons. The van der Waals surface area contributed by atoms with Gasteiger partial charge in [0.15, 0.2) is 6.10 Å². The van der Waals surface area contributed by atoms with Crippen molar-refractivity contribution >= 4 is 52.8 Å². The quantitative estimate of drug-likeness (QED) is 0.108. The Morgan fingerprint density at radius 1 is 1.43 bits per heavy atom. The van der Waals surface area contributed by atoms with Gasteiger partial charge in [0.1, 0.15) is 17.1 Å². The van der Waals surface area contributed by atoms with Gasteiger partial charge in [-0.05, 0) is 27.2 Å². The minimum absolute atomic E-state index is 0.0613. The minimum Gasteiger partial charge on any atom is -0.477 e. The van der Waals surface area contributed by atoms with E-state index in [1.165, 1.54) is 52.1 Å². The molecule has 3 atom stereocenters. The molecule has 3 N–H and O–H groups in total. The number of fused-ring (bicyclic) bond motifs is 1. The van der Waals surface area contributed by atoms with Gasteiger partial charge in [0.05, 0.1) is 25.1 Å². The van der Waals surface area contributed by atoms with Gasteiger partial charge in [-0.25, -0.2) is 4.79 Å². The zero-order valence-corrected chi connectivity index (χ0v) is 20.7. The van der Waals surface area contributed by atoms with E-state index in [0.717, 1.165) is 4.34 Å². The fourth-order valence-corrected chi connectivity index (χ4v) is 6.92. The zero-order valence-electron chi connectivity index (χ0n) is 18.3. The predicted octanol–water partition coefficient (Wildman–Crippen LogP) is 1.34. The van der Waals surface area contributed by atoms with Crippen LogP contribution >= 0.6 is 35.1 Å². The molecule has 12 nitrogen and oxygen atoms in total. The summed E-state index contributed by atoms with van der Waals surface area (Å²) in [6, 6.07) is 5.39. The van der Waals surface area contributed by atoms with Crippen LogP contribution in [0.15, 0.2) is 51.3 Å². The van der Waals surface area contributed by atoms with Gasteiger partial charge in [0, 0.05) is 16.4 Å². The molecule has 1 aromatic heterocycles. The van der Waals surface area contributed by atoms with Crippen molar-refractivity contribution in [1.82, 2.24) is 15.2 Å². The number of nitrogens with zero attached hydrogens (tertiary/aromatic N) is 6. The first-order chi connectivity index (χ1) is 16.8. The van der Waals surface area contributed by atoms with E-state index in [-0.39, 0.29) is 12.2 Å². The monoisotopic (exact) mass is 534 g/mol. The van der Waals surface area contributed by atoms with Gasteiger partial charge in [-0.1, -0.05) is 41.1 Å². The number of aliphatic hydroxyl groups is 1. The first-order valence-corrected chi connectivity index (χ1v) is 13.0. The van der Waals surface area contributed by atoms with E-state index < -0.39 is 35.3 Å². The van der Waals surface area contributed by atoms with E-state index in [0.29, 0.717) is 28.2 Å². The van der Waals surface area contributed by atoms with Crippen molar-refractivity contribution < 1.29 is 28.6 Å². The Morgan fingerprint density at radius 3 is 2.80 bits per heavy atom. The number of β-lactam (4-membered cyclic amide) rings is 1. The number of nitrogens with one attached hydrogen (secondary N) is 1. The summed E-state index contributed by atoms with van der Waals surface area (Å²) in [7, 11) is 1.86. The number of thioether (sulfide) groups is 2. The number of carbonyl (C=O) groups excluding carboxylic acids is 2. The molecule has 1 fully saturated rings. The highest BCUT2D eigenvalue weighted by molar-refractivity contribution is 8.01. The summed E-state index contributed by atoms with van der Waals surface area (Å²) in [5.74, 6) is -1.72. The lowest BCUT2D eigenvalue weighted by molar-refractivity contribution is -0.603. The molecule has 1 saturated heterocycles. The fourth-order valence-electron chi connectivity index (χ4n) is 3.61. The van der Waals surface area contributed by atoms with Crippen molar-refractivity contribution in [3.05, 3.63) is 63.4 Å². The second-order valence-electron chi connectivity index (χ2n) is 7.62. The number of hydrogen-bond donors (Lipinski definition) is 3. The summed E-state index contributed by atoms with van der Waals surface area (Å²) in [6.45, 7) is 0.146. The summed E-state index contributed by atoms with van der Waals surface area (Å²) >= 11 is 4.20. The molecule has 2 amide bonds. The van der Waals surface area contributed by atoms with Crippen molar-refractivity contribution in [3.63, 3.8) is 0 Å². The third-order valence-electron chi connectivity index (χ3n) is 5.33. The van der Waals surface area contributed by atoms with Gasteiger partial charge < -0.3 is 15.5 Å². The Hall–Kier alpha value is -3.10. The van der Waals surface area contributed by atoms with Gasteiger partial charge >= 0.3 is 5.97 Å². The number of hydrogen-bond acceptors (Lipinski definition) is 9. The van der Waals surface area contributed by atoms with Crippen molar-refractivity contribution in [1.29, 1.82) is 0 Å². The average molecular weight is 535 g/mol. The maximum atomic E-state index is 12.8. The number of carbonyl (C=O) groups is 3. The molecule has 0 saturated carbocycles. The molecule has 2 aliphatic rings. The van der Waals surface area contributed by atoms with Crippen molar-refractivity contribution in [3.8, 4) is 0 Å². The molecule has 3 heterocycles. The van der Waals surface area contributed by atoms with Crippen LogP contribution in [0.1, 0.15) is 17.2 Å². The van der Waals surface area contributed by atoms with Crippen LogP contribution in [0.25, 0.3) is 10.4 Å². The molecule has 1 aromatic carbocycles. The Bertz CT molecular complexity index is 1240. The highest BCUT2D eigenvalue weighted by atomic mass is 32.2.